The summed E-state index contributed by atoms with van der Waals surface area (Å²) in [6.45, 7) is 9.63. The average Bonchev–Trinajstić information content (AvgIpc) is 2.86. The van der Waals surface area contributed by atoms with Crippen molar-refractivity contribution in [3.63, 3.8) is 0 Å². The molecule has 3 nitrogen and oxygen atoms in total. The zero-order valence-corrected chi connectivity index (χ0v) is 13.2. The number of alkyl halides is 1. The quantitative estimate of drug-likeness (QED) is 0.760. The van der Waals surface area contributed by atoms with E-state index in [0.29, 0.717) is 12.1 Å². The molecule has 1 N–H and O–H groups in total. The van der Waals surface area contributed by atoms with Crippen LogP contribution in [0.3, 0.4) is 0 Å². The summed E-state index contributed by atoms with van der Waals surface area (Å²) in [6.07, 6.45) is 4.36. The van der Waals surface area contributed by atoms with Crippen molar-refractivity contribution < 1.29 is 4.74 Å². The SMILES string of the molecule is CC(C)N1CCOC(CNCC2CCCC2CCl)C1. The Morgan fingerprint density at radius 3 is 2.79 bits per heavy atom. The summed E-state index contributed by atoms with van der Waals surface area (Å²) in [6, 6.07) is 0.627. The standard InChI is InChI=1S/C15H29ClN2O/c1-12(2)18-6-7-19-15(11-18)10-17-9-14-5-3-4-13(14)8-16/h12-15,17H,3-11H2,1-2H3. The minimum atomic E-state index is 0.354. The van der Waals surface area contributed by atoms with E-state index in [4.69, 9.17) is 16.3 Å². The van der Waals surface area contributed by atoms with Gasteiger partial charge in [-0.2, -0.15) is 0 Å². The van der Waals surface area contributed by atoms with Gasteiger partial charge in [-0.3, -0.25) is 4.90 Å². The smallest absolute Gasteiger partial charge is 0.0826 e. The van der Waals surface area contributed by atoms with Crippen LogP contribution < -0.4 is 5.32 Å². The van der Waals surface area contributed by atoms with Gasteiger partial charge in [-0.1, -0.05) is 6.42 Å². The first kappa shape index (κ1) is 15.6. The molecule has 2 fully saturated rings. The van der Waals surface area contributed by atoms with Gasteiger partial charge < -0.3 is 10.1 Å². The van der Waals surface area contributed by atoms with E-state index in [9.17, 15) is 0 Å². The first-order valence-electron chi connectivity index (χ1n) is 7.83. The molecule has 3 atom stereocenters. The van der Waals surface area contributed by atoms with Crippen molar-refractivity contribution in [3.8, 4) is 0 Å². The highest BCUT2D eigenvalue weighted by Crippen LogP contribution is 2.31. The van der Waals surface area contributed by atoms with Gasteiger partial charge in [-0.15, -0.1) is 11.6 Å². The minimum Gasteiger partial charge on any atom is -0.374 e. The molecule has 19 heavy (non-hydrogen) atoms. The molecular formula is C15H29ClN2O. The Kier molecular flexibility index (Phi) is 6.40. The van der Waals surface area contributed by atoms with Crippen molar-refractivity contribution in [3.05, 3.63) is 0 Å². The highest BCUT2D eigenvalue weighted by atomic mass is 35.5. The molecule has 1 aliphatic carbocycles. The molecule has 0 aromatic carbocycles. The lowest BCUT2D eigenvalue weighted by atomic mass is 9.98. The summed E-state index contributed by atoms with van der Waals surface area (Å²) in [5.41, 5.74) is 0. The summed E-state index contributed by atoms with van der Waals surface area (Å²) < 4.78 is 5.85. The highest BCUT2D eigenvalue weighted by Gasteiger charge is 2.27. The van der Waals surface area contributed by atoms with E-state index >= 15 is 0 Å². The van der Waals surface area contributed by atoms with E-state index in [1.165, 1.54) is 19.3 Å². The van der Waals surface area contributed by atoms with Crippen LogP contribution in [0, 0.1) is 11.8 Å². The van der Waals surface area contributed by atoms with Gasteiger partial charge in [0.1, 0.15) is 0 Å². The number of hydrogen-bond acceptors (Lipinski definition) is 3. The van der Waals surface area contributed by atoms with Gasteiger partial charge in [-0.05, 0) is 45.1 Å². The minimum absolute atomic E-state index is 0.354. The van der Waals surface area contributed by atoms with Crippen molar-refractivity contribution in [1.82, 2.24) is 10.2 Å². The zero-order valence-electron chi connectivity index (χ0n) is 12.4. The maximum Gasteiger partial charge on any atom is 0.0826 e. The normalized spacial score (nSPS) is 33.2. The van der Waals surface area contributed by atoms with Crippen LogP contribution in [-0.4, -0.2) is 55.7 Å². The maximum atomic E-state index is 6.02. The number of nitrogens with one attached hydrogen (secondary N) is 1. The number of hydrogen-bond donors (Lipinski definition) is 1. The van der Waals surface area contributed by atoms with E-state index in [-0.39, 0.29) is 0 Å². The molecule has 112 valence electrons. The van der Waals surface area contributed by atoms with Gasteiger partial charge in [-0.25, -0.2) is 0 Å². The molecule has 2 aliphatic rings. The maximum absolute atomic E-state index is 6.02. The third-order valence-corrected chi connectivity index (χ3v) is 5.09. The largest absolute Gasteiger partial charge is 0.374 e. The Bertz CT molecular complexity index is 263. The molecule has 0 radical (unpaired) electrons. The van der Waals surface area contributed by atoms with Crippen molar-refractivity contribution in [2.24, 2.45) is 11.8 Å². The monoisotopic (exact) mass is 288 g/mol. The molecule has 2 rings (SSSR count). The van der Waals surface area contributed by atoms with Crippen molar-refractivity contribution in [2.45, 2.75) is 45.3 Å². The van der Waals surface area contributed by atoms with Crippen LogP contribution in [0.15, 0.2) is 0 Å². The van der Waals surface area contributed by atoms with Crippen LogP contribution in [0.25, 0.3) is 0 Å². The second kappa shape index (κ2) is 7.82. The summed E-state index contributed by atoms with van der Waals surface area (Å²) >= 11 is 6.02. The molecule has 0 amide bonds. The Morgan fingerprint density at radius 2 is 2.05 bits per heavy atom. The lowest BCUT2D eigenvalue weighted by Crippen LogP contribution is -2.49. The molecular weight excluding hydrogens is 260 g/mol. The second-order valence-electron chi connectivity index (χ2n) is 6.35. The van der Waals surface area contributed by atoms with Crippen molar-refractivity contribution in [2.75, 3.05) is 38.7 Å². The van der Waals surface area contributed by atoms with Gasteiger partial charge in [0.05, 0.1) is 12.7 Å². The predicted octanol–water partition coefficient (Wildman–Crippen LogP) is 2.34. The molecule has 1 saturated carbocycles. The predicted molar refractivity (Wildman–Crippen MR) is 80.9 cm³/mol. The number of ether oxygens (including phenoxy) is 1. The molecule has 3 unspecified atom stereocenters. The third kappa shape index (κ3) is 4.59. The van der Waals surface area contributed by atoms with Crippen molar-refractivity contribution in [1.29, 1.82) is 0 Å². The van der Waals surface area contributed by atoms with E-state index in [1.807, 2.05) is 0 Å². The summed E-state index contributed by atoms with van der Waals surface area (Å²) in [7, 11) is 0. The van der Waals surface area contributed by atoms with Crippen LogP contribution in [0.4, 0.5) is 0 Å². The fourth-order valence-corrected chi connectivity index (χ4v) is 3.76. The van der Waals surface area contributed by atoms with E-state index in [2.05, 4.69) is 24.1 Å². The lowest BCUT2D eigenvalue weighted by Gasteiger charge is -2.35. The molecule has 0 spiro atoms. The first-order valence-corrected chi connectivity index (χ1v) is 8.36. The Labute approximate surface area is 123 Å². The molecule has 1 heterocycles. The summed E-state index contributed by atoms with van der Waals surface area (Å²) in [5.74, 6) is 2.34. The fourth-order valence-electron chi connectivity index (χ4n) is 3.35. The van der Waals surface area contributed by atoms with Crippen LogP contribution in [0.1, 0.15) is 33.1 Å². The molecule has 0 aromatic heterocycles. The Morgan fingerprint density at radius 1 is 1.26 bits per heavy atom. The van der Waals surface area contributed by atoms with E-state index in [1.54, 1.807) is 0 Å². The van der Waals surface area contributed by atoms with E-state index < -0.39 is 0 Å². The fraction of sp³-hybridized carbons (Fsp3) is 1.00. The average molecular weight is 289 g/mol. The molecule has 1 aliphatic heterocycles. The van der Waals surface area contributed by atoms with Crippen LogP contribution in [0.5, 0.6) is 0 Å². The number of morpholine rings is 1. The summed E-state index contributed by atoms with van der Waals surface area (Å²) in [4.78, 5) is 2.51. The van der Waals surface area contributed by atoms with Crippen LogP contribution in [0.2, 0.25) is 0 Å². The molecule has 4 heteroatoms. The first-order chi connectivity index (χ1) is 9.20. The zero-order chi connectivity index (χ0) is 13.7. The summed E-state index contributed by atoms with van der Waals surface area (Å²) in [5, 5.41) is 3.61. The van der Waals surface area contributed by atoms with Gasteiger partial charge in [0.2, 0.25) is 0 Å². The van der Waals surface area contributed by atoms with Crippen molar-refractivity contribution >= 4 is 11.6 Å². The number of nitrogens with zero attached hydrogens (tertiary/aromatic N) is 1. The topological polar surface area (TPSA) is 24.5 Å². The third-order valence-electron chi connectivity index (χ3n) is 4.69. The second-order valence-corrected chi connectivity index (χ2v) is 6.65. The number of halogens is 1. The van der Waals surface area contributed by atoms with Crippen LogP contribution >= 0.6 is 11.6 Å². The Balaban J connectivity index is 1.65. The lowest BCUT2D eigenvalue weighted by molar-refractivity contribution is -0.0374. The van der Waals surface area contributed by atoms with Gasteiger partial charge >= 0.3 is 0 Å². The molecule has 0 aromatic rings. The Hall–Kier alpha value is 0.170. The van der Waals surface area contributed by atoms with Gasteiger partial charge in [0, 0.05) is 31.6 Å². The molecule has 0 bridgehead atoms. The van der Waals surface area contributed by atoms with Gasteiger partial charge in [0.25, 0.3) is 0 Å². The van der Waals surface area contributed by atoms with Gasteiger partial charge in [0.15, 0.2) is 0 Å². The number of rotatable bonds is 6. The molecule has 1 saturated heterocycles. The van der Waals surface area contributed by atoms with E-state index in [0.717, 1.165) is 50.5 Å². The highest BCUT2D eigenvalue weighted by molar-refractivity contribution is 6.18. The van der Waals surface area contributed by atoms with Crippen LogP contribution in [-0.2, 0) is 4.74 Å².